The van der Waals surface area contributed by atoms with Gasteiger partial charge in [-0.15, -0.1) is 0 Å². The molecule has 0 aliphatic carbocycles. The van der Waals surface area contributed by atoms with Gasteiger partial charge in [0.25, 0.3) is 0 Å². The van der Waals surface area contributed by atoms with Gasteiger partial charge >= 0.3 is 23.9 Å². The maximum atomic E-state index is 12.4. The molecule has 42 heavy (non-hydrogen) atoms. The molecule has 0 saturated carbocycles. The number of phenolic OH excluding ortho intramolecular Hbond substituents is 6. The van der Waals surface area contributed by atoms with Gasteiger partial charge in [0.1, 0.15) is 46.3 Å². The lowest BCUT2D eigenvalue weighted by Crippen LogP contribution is -2.18. The largest absolute Gasteiger partial charge is 0.508 e. The Morgan fingerprint density at radius 2 is 0.738 bits per heavy atom. The second-order valence-corrected chi connectivity index (χ2v) is 9.25. The first-order valence-corrected chi connectivity index (χ1v) is 11.7. The van der Waals surface area contributed by atoms with Gasteiger partial charge in [0.2, 0.25) is 0 Å². The highest BCUT2D eigenvalue weighted by Crippen LogP contribution is 2.46. The van der Waals surface area contributed by atoms with Crippen molar-refractivity contribution in [2.75, 3.05) is 0 Å². The van der Waals surface area contributed by atoms with Crippen LogP contribution in [0.1, 0.15) is 64.2 Å². The first kappa shape index (κ1) is 30.8. The number of carboxylic acids is 4. The standard InChI is InChI=1S/C27H24O15/c1-8(24(35)36)9-2-10(16(29)5-15(9)28)21(25(37)38)11-3-12(18(31)6-17(11)30)22(26(39)40)13-4-14(23(34)27(41)42)20(33)7-19(13)32/h2-8,21-23,28-34H,1H3,(H,35,36)(H,37,38)(H,39,40)(H,41,42). The summed E-state index contributed by atoms with van der Waals surface area (Å²) in [5.74, 6) is -17.5. The van der Waals surface area contributed by atoms with Crippen molar-refractivity contribution in [3.63, 3.8) is 0 Å². The highest BCUT2D eigenvalue weighted by molar-refractivity contribution is 5.87. The molecule has 11 N–H and O–H groups in total. The van der Waals surface area contributed by atoms with Crippen LogP contribution < -0.4 is 0 Å². The number of aliphatic carboxylic acids is 4. The lowest BCUT2D eigenvalue weighted by atomic mass is 9.82. The van der Waals surface area contributed by atoms with Crippen LogP contribution in [0.15, 0.2) is 36.4 Å². The van der Waals surface area contributed by atoms with E-state index in [9.17, 15) is 70.2 Å². The number of phenols is 6. The van der Waals surface area contributed by atoms with Crippen molar-refractivity contribution in [2.45, 2.75) is 30.8 Å². The highest BCUT2D eigenvalue weighted by Gasteiger charge is 2.35. The van der Waals surface area contributed by atoms with Crippen molar-refractivity contribution < 1.29 is 75.3 Å². The SMILES string of the molecule is CC(C(=O)O)c1cc(C(C(=O)O)c2cc(C(C(=O)O)c3cc(C(O)C(=O)O)c(O)cc3O)c(O)cc2O)c(O)cc1O. The lowest BCUT2D eigenvalue weighted by Gasteiger charge is -2.22. The molecule has 0 spiro atoms. The fourth-order valence-corrected chi connectivity index (χ4v) is 4.46. The summed E-state index contributed by atoms with van der Waals surface area (Å²) in [4.78, 5) is 47.5. The van der Waals surface area contributed by atoms with Crippen molar-refractivity contribution in [2.24, 2.45) is 0 Å². The summed E-state index contributed by atoms with van der Waals surface area (Å²) in [7, 11) is 0. The Morgan fingerprint density at radius 3 is 1.05 bits per heavy atom. The molecule has 0 aliphatic heterocycles. The Morgan fingerprint density at radius 1 is 0.452 bits per heavy atom. The molecule has 0 amide bonds. The molecule has 15 heteroatoms. The van der Waals surface area contributed by atoms with Gasteiger partial charge in [-0.05, 0) is 25.1 Å². The van der Waals surface area contributed by atoms with E-state index < -0.39 is 110 Å². The van der Waals surface area contributed by atoms with Crippen molar-refractivity contribution in [1.82, 2.24) is 0 Å². The number of aromatic hydroxyl groups is 6. The molecule has 0 aromatic heterocycles. The summed E-state index contributed by atoms with van der Waals surface area (Å²) in [5.41, 5.74) is -3.49. The van der Waals surface area contributed by atoms with E-state index in [0.29, 0.717) is 30.3 Å². The molecule has 3 aromatic rings. The maximum absolute atomic E-state index is 12.4. The Balaban J connectivity index is 2.32. The smallest absolute Gasteiger partial charge is 0.337 e. The normalized spacial score (nSPS) is 14.0. The number of hydrogen-bond acceptors (Lipinski definition) is 11. The summed E-state index contributed by atoms with van der Waals surface area (Å²) in [6.07, 6.45) is -2.36. The quantitative estimate of drug-likeness (QED) is 0.160. The number of aliphatic hydroxyl groups is 1. The summed E-state index contributed by atoms with van der Waals surface area (Å²) < 4.78 is 0. The van der Waals surface area contributed by atoms with Crippen LogP contribution in [0.3, 0.4) is 0 Å². The van der Waals surface area contributed by atoms with E-state index in [2.05, 4.69) is 0 Å². The van der Waals surface area contributed by atoms with Crippen LogP contribution in [0.5, 0.6) is 34.5 Å². The van der Waals surface area contributed by atoms with Crippen LogP contribution in [0.4, 0.5) is 0 Å². The molecule has 0 fully saturated rings. The molecule has 0 bridgehead atoms. The zero-order valence-corrected chi connectivity index (χ0v) is 21.3. The molecule has 0 aliphatic rings. The van der Waals surface area contributed by atoms with E-state index in [1.165, 1.54) is 6.92 Å². The molecule has 4 unspecified atom stereocenters. The molecule has 0 heterocycles. The minimum Gasteiger partial charge on any atom is -0.508 e. The monoisotopic (exact) mass is 588 g/mol. The topological polar surface area (TPSA) is 291 Å². The Kier molecular flexibility index (Phi) is 8.39. The number of rotatable bonds is 10. The minimum absolute atomic E-state index is 0.304. The summed E-state index contributed by atoms with van der Waals surface area (Å²) >= 11 is 0. The second-order valence-electron chi connectivity index (χ2n) is 9.25. The molecular formula is C27H24O15. The third kappa shape index (κ3) is 5.62. The number of hydrogen-bond donors (Lipinski definition) is 11. The van der Waals surface area contributed by atoms with Crippen LogP contribution in [0.2, 0.25) is 0 Å². The number of benzene rings is 3. The van der Waals surface area contributed by atoms with Crippen molar-refractivity contribution in [1.29, 1.82) is 0 Å². The molecule has 3 aromatic carbocycles. The van der Waals surface area contributed by atoms with Gasteiger partial charge in [0.05, 0.1) is 5.92 Å². The molecule has 4 atom stereocenters. The Hall–Kier alpha value is -5.70. The molecule has 222 valence electrons. The van der Waals surface area contributed by atoms with Gasteiger partial charge in [-0.1, -0.05) is 0 Å². The van der Waals surface area contributed by atoms with Crippen molar-refractivity contribution in [3.8, 4) is 34.5 Å². The van der Waals surface area contributed by atoms with Crippen molar-refractivity contribution in [3.05, 3.63) is 69.8 Å². The molecule has 15 nitrogen and oxygen atoms in total. The average Bonchev–Trinajstić information content (AvgIpc) is 2.87. The first-order valence-electron chi connectivity index (χ1n) is 11.7. The number of aliphatic hydroxyl groups excluding tert-OH is 1. The van der Waals surface area contributed by atoms with E-state index >= 15 is 0 Å². The second kappa shape index (κ2) is 11.4. The average molecular weight is 588 g/mol. The summed E-state index contributed by atoms with van der Waals surface area (Å²) in [5, 5.41) is 111. The van der Waals surface area contributed by atoms with Gasteiger partial charge in [-0.3, -0.25) is 14.4 Å². The van der Waals surface area contributed by atoms with E-state index in [4.69, 9.17) is 5.11 Å². The van der Waals surface area contributed by atoms with Gasteiger partial charge in [-0.2, -0.15) is 0 Å². The van der Waals surface area contributed by atoms with Crippen LogP contribution in [-0.4, -0.2) is 80.0 Å². The molecule has 0 radical (unpaired) electrons. The molecule has 0 saturated heterocycles. The van der Waals surface area contributed by atoms with E-state index in [0.717, 1.165) is 6.07 Å². The summed E-state index contributed by atoms with van der Waals surface area (Å²) in [6.45, 7) is 1.17. The zero-order valence-electron chi connectivity index (χ0n) is 21.3. The number of carbonyl (C=O) groups is 4. The van der Waals surface area contributed by atoms with Crippen LogP contribution in [0, 0.1) is 0 Å². The third-order valence-electron chi connectivity index (χ3n) is 6.63. The third-order valence-corrected chi connectivity index (χ3v) is 6.63. The fourth-order valence-electron chi connectivity index (χ4n) is 4.46. The minimum atomic E-state index is -2.36. The van der Waals surface area contributed by atoms with Crippen LogP contribution in [0.25, 0.3) is 0 Å². The summed E-state index contributed by atoms with van der Waals surface area (Å²) in [6, 6.07) is 4.03. The molecular weight excluding hydrogens is 564 g/mol. The van der Waals surface area contributed by atoms with Crippen LogP contribution in [-0.2, 0) is 19.2 Å². The van der Waals surface area contributed by atoms with E-state index in [1.54, 1.807) is 0 Å². The Labute approximate surface area is 234 Å². The van der Waals surface area contributed by atoms with Crippen molar-refractivity contribution >= 4 is 23.9 Å². The van der Waals surface area contributed by atoms with Gasteiger partial charge < -0.3 is 56.2 Å². The lowest BCUT2D eigenvalue weighted by molar-refractivity contribution is -0.147. The van der Waals surface area contributed by atoms with Gasteiger partial charge in [0, 0.05) is 51.6 Å². The van der Waals surface area contributed by atoms with E-state index in [-0.39, 0.29) is 5.56 Å². The van der Waals surface area contributed by atoms with E-state index in [1.807, 2.05) is 0 Å². The van der Waals surface area contributed by atoms with Gasteiger partial charge in [0.15, 0.2) is 6.10 Å². The fraction of sp³-hybridized carbons (Fsp3) is 0.185. The predicted molar refractivity (Wildman–Crippen MR) is 137 cm³/mol. The van der Waals surface area contributed by atoms with Crippen LogP contribution >= 0.6 is 0 Å². The Bertz CT molecular complexity index is 1490. The zero-order chi connectivity index (χ0) is 31.8. The highest BCUT2D eigenvalue weighted by atomic mass is 16.4. The molecule has 3 rings (SSSR count). The maximum Gasteiger partial charge on any atom is 0.337 e. The number of carboxylic acid groups (broad SMARTS) is 4. The predicted octanol–water partition coefficient (Wildman–Crippen LogP) is 1.66. The first-order chi connectivity index (χ1) is 19.5. The van der Waals surface area contributed by atoms with Gasteiger partial charge in [-0.25, -0.2) is 4.79 Å².